The first kappa shape index (κ1) is 43.4. The predicted molar refractivity (Wildman–Crippen MR) is 250 cm³/mol. The SMILES string of the molecule is CC1(C)OB(O[Si](O[Si](O[Si](OB2OC(C)(C)C(C)(C)O2)(c2ccccc2)c2ccccc2)(c2ccccc2)c2ccccc2)(c2ccccc2)c2ccccc2)OC1(C)C. The van der Waals surface area contributed by atoms with Gasteiger partial charge in [0.1, 0.15) is 0 Å². The molecular weight excluding hydrogens is 810 g/mol. The maximum Gasteiger partial charge on any atom is 0.631 e. The molecule has 2 heterocycles. The standard InChI is InChI=1S/C48H54B2O8Si3/c1-45(2)46(3,4)52-49(51-45)55-59(39-27-15-9-16-28-39,40-29-17-10-18-30-40)57-61(43-35-23-13-24-36-43,44-37-25-14-26-38-44)58-60(41-31-19-11-20-32-41,42-33-21-12-22-34-42)56-50-53-47(5,6)48(7,8)54-50/h9-38H,1-8H3. The Morgan fingerprint density at radius 2 is 0.475 bits per heavy atom. The second-order valence-corrected chi connectivity index (χ2v) is 26.8. The number of benzene rings is 6. The first-order valence-corrected chi connectivity index (χ1v) is 26.4. The molecule has 13 heteroatoms. The summed E-state index contributed by atoms with van der Waals surface area (Å²) in [6.07, 6.45) is 0. The fourth-order valence-corrected chi connectivity index (χ4v) is 21.6. The van der Waals surface area contributed by atoms with Crippen LogP contribution in [-0.4, -0.2) is 62.7 Å². The van der Waals surface area contributed by atoms with Crippen molar-refractivity contribution in [2.45, 2.75) is 77.8 Å². The van der Waals surface area contributed by atoms with Crippen molar-refractivity contribution in [1.29, 1.82) is 0 Å². The zero-order valence-corrected chi connectivity index (χ0v) is 39.2. The van der Waals surface area contributed by atoms with E-state index in [-0.39, 0.29) is 0 Å². The Balaban J connectivity index is 1.45. The van der Waals surface area contributed by atoms with Gasteiger partial charge in [-0.2, -0.15) is 0 Å². The van der Waals surface area contributed by atoms with Crippen LogP contribution in [0.15, 0.2) is 182 Å². The second-order valence-electron chi connectivity index (χ2n) is 17.6. The number of rotatable bonds is 14. The van der Waals surface area contributed by atoms with E-state index in [1.807, 2.05) is 165 Å². The molecule has 2 aliphatic rings. The summed E-state index contributed by atoms with van der Waals surface area (Å²) in [6.45, 7) is 16.2. The van der Waals surface area contributed by atoms with Gasteiger partial charge >= 0.3 is 40.3 Å². The second kappa shape index (κ2) is 16.8. The highest BCUT2D eigenvalue weighted by atomic mass is 28.5. The number of hydrogen-bond acceptors (Lipinski definition) is 8. The molecule has 0 aromatic heterocycles. The van der Waals surface area contributed by atoms with Crippen LogP contribution >= 0.6 is 0 Å². The topological polar surface area (TPSA) is 73.8 Å². The summed E-state index contributed by atoms with van der Waals surface area (Å²) in [5, 5.41) is 5.10. The largest absolute Gasteiger partial charge is 0.631 e. The Morgan fingerprint density at radius 3 is 0.672 bits per heavy atom. The van der Waals surface area contributed by atoms with Gasteiger partial charge in [0.2, 0.25) is 0 Å². The van der Waals surface area contributed by atoms with Crippen molar-refractivity contribution in [2.75, 3.05) is 0 Å². The van der Waals surface area contributed by atoms with Crippen LogP contribution in [-0.2, 0) is 35.5 Å². The Hall–Kier alpha value is -4.22. The smallest absolute Gasteiger partial charge is 0.402 e. The van der Waals surface area contributed by atoms with Gasteiger partial charge in [-0.3, -0.25) is 0 Å². The van der Waals surface area contributed by atoms with Crippen LogP contribution in [0.5, 0.6) is 0 Å². The van der Waals surface area contributed by atoms with E-state index in [2.05, 4.69) is 72.8 Å². The van der Waals surface area contributed by atoms with E-state index < -0.39 is 62.7 Å². The summed E-state index contributed by atoms with van der Waals surface area (Å²) in [6, 6.07) is 61.1. The summed E-state index contributed by atoms with van der Waals surface area (Å²) >= 11 is 0. The molecule has 8 nitrogen and oxygen atoms in total. The van der Waals surface area contributed by atoms with Crippen molar-refractivity contribution >= 4 is 71.4 Å². The molecule has 312 valence electrons. The molecule has 0 radical (unpaired) electrons. The quantitative estimate of drug-likeness (QED) is 0.124. The molecule has 0 unspecified atom stereocenters. The molecule has 61 heavy (non-hydrogen) atoms. The zero-order chi connectivity index (χ0) is 43.0. The van der Waals surface area contributed by atoms with Crippen molar-refractivity contribution in [3.8, 4) is 0 Å². The van der Waals surface area contributed by atoms with Gasteiger partial charge in [0, 0.05) is 0 Å². The van der Waals surface area contributed by atoms with Crippen LogP contribution in [0.2, 0.25) is 0 Å². The zero-order valence-electron chi connectivity index (χ0n) is 36.2. The van der Waals surface area contributed by atoms with Crippen LogP contribution < -0.4 is 31.1 Å². The Bertz CT molecular complexity index is 2080. The van der Waals surface area contributed by atoms with Crippen molar-refractivity contribution in [1.82, 2.24) is 0 Å². The average molecular weight is 865 g/mol. The van der Waals surface area contributed by atoms with E-state index in [4.69, 9.17) is 35.5 Å². The van der Waals surface area contributed by atoms with E-state index in [9.17, 15) is 0 Å². The molecule has 2 aliphatic heterocycles. The lowest BCUT2D eigenvalue weighted by atomic mass is 9.90. The molecule has 6 aromatic rings. The van der Waals surface area contributed by atoms with Gasteiger partial charge in [0.05, 0.1) is 22.4 Å². The average Bonchev–Trinajstić information content (AvgIpc) is 3.61. The lowest BCUT2D eigenvalue weighted by molar-refractivity contribution is 0.00578. The van der Waals surface area contributed by atoms with E-state index >= 15 is 0 Å². The van der Waals surface area contributed by atoms with Gasteiger partial charge in [0.15, 0.2) is 0 Å². The van der Waals surface area contributed by atoms with Gasteiger partial charge in [-0.25, -0.2) is 0 Å². The molecule has 0 spiro atoms. The molecule has 6 aromatic carbocycles. The molecule has 0 bridgehead atoms. The lowest BCUT2D eigenvalue weighted by Gasteiger charge is -2.46. The van der Waals surface area contributed by atoms with Gasteiger partial charge in [-0.15, -0.1) is 0 Å². The first-order valence-electron chi connectivity index (χ1n) is 20.9. The summed E-state index contributed by atoms with van der Waals surface area (Å²) in [5.74, 6) is 0. The molecule has 2 fully saturated rings. The van der Waals surface area contributed by atoms with Crippen molar-refractivity contribution in [2.24, 2.45) is 0 Å². The molecular formula is C48H54B2O8Si3. The van der Waals surface area contributed by atoms with Crippen LogP contribution in [0.3, 0.4) is 0 Å². The lowest BCUT2D eigenvalue weighted by Crippen LogP contribution is -2.81. The Morgan fingerprint density at radius 1 is 0.295 bits per heavy atom. The monoisotopic (exact) mass is 864 g/mol. The molecule has 0 saturated carbocycles. The summed E-state index contributed by atoms with van der Waals surface area (Å²) in [5.41, 5.74) is -2.74. The van der Waals surface area contributed by atoms with E-state index in [1.165, 1.54) is 0 Å². The van der Waals surface area contributed by atoms with Crippen LogP contribution in [0.4, 0.5) is 0 Å². The van der Waals surface area contributed by atoms with Gasteiger partial charge < -0.3 is 35.5 Å². The van der Waals surface area contributed by atoms with E-state index in [0.717, 1.165) is 31.1 Å². The van der Waals surface area contributed by atoms with Gasteiger partial charge in [-0.05, 0) is 86.5 Å². The predicted octanol–water partition coefficient (Wildman–Crippen LogP) is 6.00. The minimum atomic E-state index is -4.19. The highest BCUT2D eigenvalue weighted by Crippen LogP contribution is 2.40. The third-order valence-electron chi connectivity index (χ3n) is 12.5. The van der Waals surface area contributed by atoms with E-state index in [0.29, 0.717) is 0 Å². The summed E-state index contributed by atoms with van der Waals surface area (Å²) in [7, 11) is -14.4. The molecule has 0 atom stereocenters. The Labute approximate surface area is 365 Å². The minimum absolute atomic E-state index is 0.686. The highest BCUT2D eigenvalue weighted by Gasteiger charge is 2.65. The minimum Gasteiger partial charge on any atom is -0.402 e. The molecule has 0 aliphatic carbocycles. The van der Waals surface area contributed by atoms with Crippen LogP contribution in [0, 0.1) is 0 Å². The normalized spacial score (nSPS) is 18.3. The van der Waals surface area contributed by atoms with Crippen LogP contribution in [0.1, 0.15) is 55.4 Å². The van der Waals surface area contributed by atoms with Gasteiger partial charge in [-0.1, -0.05) is 182 Å². The molecule has 0 N–H and O–H groups in total. The first-order chi connectivity index (χ1) is 29.1. The highest BCUT2D eigenvalue weighted by molar-refractivity contribution is 7.10. The summed E-state index contributed by atoms with van der Waals surface area (Å²) in [4.78, 5) is 0. The van der Waals surface area contributed by atoms with Crippen molar-refractivity contribution < 1.29 is 35.5 Å². The maximum atomic E-state index is 8.36. The van der Waals surface area contributed by atoms with Crippen molar-refractivity contribution in [3.05, 3.63) is 182 Å². The molecule has 8 rings (SSSR count). The fourth-order valence-electron chi connectivity index (χ4n) is 7.61. The van der Waals surface area contributed by atoms with Crippen LogP contribution in [0.25, 0.3) is 0 Å². The maximum absolute atomic E-state index is 8.36. The number of hydrogen-bond donors (Lipinski definition) is 0. The molecule has 0 amide bonds. The third kappa shape index (κ3) is 8.26. The Kier molecular flexibility index (Phi) is 12.0. The summed E-state index contributed by atoms with van der Waals surface area (Å²) < 4.78 is 58.5. The van der Waals surface area contributed by atoms with Gasteiger partial charge in [0.25, 0.3) is 0 Å². The fraction of sp³-hybridized carbons (Fsp3) is 0.250. The van der Waals surface area contributed by atoms with Crippen molar-refractivity contribution in [3.63, 3.8) is 0 Å². The van der Waals surface area contributed by atoms with E-state index in [1.54, 1.807) is 0 Å². The molecule has 2 saturated heterocycles. The third-order valence-corrected chi connectivity index (χ3v) is 24.7.